The molecule has 0 bridgehead atoms. The molecule has 4 heteroatoms. The molecule has 0 aliphatic rings. The fourth-order valence-corrected chi connectivity index (χ4v) is 1.99. The van der Waals surface area contributed by atoms with E-state index in [4.69, 9.17) is 15.2 Å². The Morgan fingerprint density at radius 3 is 2.70 bits per heavy atom. The number of ether oxygens (including phenoxy) is 2. The minimum Gasteiger partial charge on any atom is -0.496 e. The number of aromatic nitrogens is 1. The van der Waals surface area contributed by atoms with Gasteiger partial charge in [0.05, 0.1) is 25.6 Å². The summed E-state index contributed by atoms with van der Waals surface area (Å²) in [5.74, 6) is 1.55. The van der Waals surface area contributed by atoms with Crippen molar-refractivity contribution in [3.63, 3.8) is 0 Å². The topological polar surface area (TPSA) is 57.4 Å². The van der Waals surface area contributed by atoms with Crippen molar-refractivity contribution in [2.75, 3.05) is 13.7 Å². The van der Waals surface area contributed by atoms with Crippen molar-refractivity contribution in [1.29, 1.82) is 0 Å². The molecule has 2 rings (SSSR count). The fourth-order valence-electron chi connectivity index (χ4n) is 1.99. The molecular weight excluding hydrogens is 252 g/mol. The Morgan fingerprint density at radius 1 is 1.20 bits per heavy atom. The zero-order valence-electron chi connectivity index (χ0n) is 11.9. The van der Waals surface area contributed by atoms with Crippen molar-refractivity contribution in [2.24, 2.45) is 5.73 Å². The van der Waals surface area contributed by atoms with E-state index < -0.39 is 0 Å². The fraction of sp³-hybridized carbons (Fsp3) is 0.312. The van der Waals surface area contributed by atoms with Crippen molar-refractivity contribution >= 4 is 0 Å². The molecule has 1 heterocycles. The normalized spacial score (nSPS) is 10.3. The first kappa shape index (κ1) is 14.3. The van der Waals surface area contributed by atoms with E-state index in [1.54, 1.807) is 13.3 Å². The average molecular weight is 272 g/mol. The lowest BCUT2D eigenvalue weighted by molar-refractivity contribution is 0.313. The first-order valence-corrected chi connectivity index (χ1v) is 6.75. The van der Waals surface area contributed by atoms with Gasteiger partial charge >= 0.3 is 0 Å². The van der Waals surface area contributed by atoms with Gasteiger partial charge < -0.3 is 15.2 Å². The van der Waals surface area contributed by atoms with Crippen LogP contribution in [0, 0.1) is 0 Å². The molecule has 0 radical (unpaired) electrons. The number of hydrogen-bond acceptors (Lipinski definition) is 4. The molecule has 2 N–H and O–H groups in total. The molecule has 0 aliphatic carbocycles. The zero-order valence-corrected chi connectivity index (χ0v) is 11.9. The molecule has 0 aliphatic heterocycles. The maximum Gasteiger partial charge on any atom is 0.142 e. The van der Waals surface area contributed by atoms with Gasteiger partial charge in [0.1, 0.15) is 11.5 Å². The zero-order chi connectivity index (χ0) is 14.4. The second-order valence-corrected chi connectivity index (χ2v) is 4.43. The second kappa shape index (κ2) is 6.91. The van der Waals surface area contributed by atoms with E-state index in [-0.39, 0.29) is 0 Å². The molecular formula is C16H20N2O2. The summed E-state index contributed by atoms with van der Waals surface area (Å²) in [6.45, 7) is 3.16. The van der Waals surface area contributed by atoms with Crippen molar-refractivity contribution in [2.45, 2.75) is 19.9 Å². The molecule has 1 aromatic carbocycles. The molecule has 1 aromatic heterocycles. The van der Waals surface area contributed by atoms with Gasteiger partial charge in [-0.05, 0) is 24.6 Å². The summed E-state index contributed by atoms with van der Waals surface area (Å²) in [5, 5.41) is 0. The van der Waals surface area contributed by atoms with Crippen LogP contribution in [-0.4, -0.2) is 18.7 Å². The molecule has 20 heavy (non-hydrogen) atoms. The van der Waals surface area contributed by atoms with Crippen molar-refractivity contribution < 1.29 is 9.47 Å². The molecule has 0 unspecified atom stereocenters. The number of nitrogens with two attached hydrogens (primary N) is 1. The summed E-state index contributed by atoms with van der Waals surface area (Å²) in [4.78, 5) is 4.46. The van der Waals surface area contributed by atoms with E-state index in [0.717, 1.165) is 34.7 Å². The predicted molar refractivity (Wildman–Crippen MR) is 79.9 cm³/mol. The van der Waals surface area contributed by atoms with E-state index in [2.05, 4.69) is 11.9 Å². The molecule has 4 nitrogen and oxygen atoms in total. The van der Waals surface area contributed by atoms with Crippen LogP contribution >= 0.6 is 0 Å². The van der Waals surface area contributed by atoms with Crippen LogP contribution in [0.2, 0.25) is 0 Å². The summed E-state index contributed by atoms with van der Waals surface area (Å²) >= 11 is 0. The van der Waals surface area contributed by atoms with Crippen molar-refractivity contribution in [3.05, 3.63) is 42.1 Å². The van der Waals surface area contributed by atoms with Crippen molar-refractivity contribution in [3.8, 4) is 22.8 Å². The Bertz CT molecular complexity index is 570. The van der Waals surface area contributed by atoms with E-state index in [0.29, 0.717) is 13.2 Å². The minimum atomic E-state index is 0.420. The summed E-state index contributed by atoms with van der Waals surface area (Å²) in [7, 11) is 1.65. The number of benzene rings is 1. The molecule has 0 saturated heterocycles. The van der Waals surface area contributed by atoms with E-state index in [9.17, 15) is 0 Å². The van der Waals surface area contributed by atoms with Gasteiger partial charge in [0.25, 0.3) is 0 Å². The smallest absolute Gasteiger partial charge is 0.142 e. The standard InChI is InChI=1S/C16H20N2O2/c1-3-8-20-16-11-18-14(9-12(16)10-17)13-6-4-5-7-15(13)19-2/h4-7,9,11H,3,8,10,17H2,1-2H3. The van der Waals surface area contributed by atoms with Crippen LogP contribution in [0.25, 0.3) is 11.3 Å². The van der Waals surface area contributed by atoms with Crippen LogP contribution < -0.4 is 15.2 Å². The highest BCUT2D eigenvalue weighted by atomic mass is 16.5. The maximum atomic E-state index is 5.80. The number of rotatable bonds is 6. The number of para-hydroxylation sites is 1. The quantitative estimate of drug-likeness (QED) is 0.878. The van der Waals surface area contributed by atoms with E-state index in [1.165, 1.54) is 0 Å². The van der Waals surface area contributed by atoms with Crippen LogP contribution in [0.15, 0.2) is 36.5 Å². The monoisotopic (exact) mass is 272 g/mol. The largest absolute Gasteiger partial charge is 0.496 e. The van der Waals surface area contributed by atoms with Crippen LogP contribution in [0.5, 0.6) is 11.5 Å². The minimum absolute atomic E-state index is 0.420. The summed E-state index contributed by atoms with van der Waals surface area (Å²) in [5.41, 5.74) is 8.54. The molecule has 0 spiro atoms. The van der Waals surface area contributed by atoms with Gasteiger partial charge in [-0.1, -0.05) is 19.1 Å². The van der Waals surface area contributed by atoms with E-state index in [1.807, 2.05) is 30.3 Å². The SMILES string of the molecule is CCCOc1cnc(-c2ccccc2OC)cc1CN. The first-order valence-electron chi connectivity index (χ1n) is 6.75. The van der Waals surface area contributed by atoms with Crippen LogP contribution in [0.3, 0.4) is 0 Å². The maximum absolute atomic E-state index is 5.80. The Morgan fingerprint density at radius 2 is 2.00 bits per heavy atom. The van der Waals surface area contributed by atoms with Gasteiger partial charge in [-0.25, -0.2) is 0 Å². The van der Waals surface area contributed by atoms with Gasteiger partial charge in [0.15, 0.2) is 0 Å². The number of methoxy groups -OCH3 is 1. The third-order valence-electron chi connectivity index (χ3n) is 3.01. The highest BCUT2D eigenvalue weighted by molar-refractivity contribution is 5.68. The molecule has 0 fully saturated rings. The van der Waals surface area contributed by atoms with Gasteiger partial charge in [0.2, 0.25) is 0 Å². The van der Waals surface area contributed by atoms with Crippen LogP contribution in [-0.2, 0) is 6.54 Å². The number of pyridine rings is 1. The molecule has 0 amide bonds. The Balaban J connectivity index is 2.38. The highest BCUT2D eigenvalue weighted by Crippen LogP contribution is 2.30. The molecule has 2 aromatic rings. The Labute approximate surface area is 119 Å². The summed E-state index contributed by atoms with van der Waals surface area (Å²) in [6.07, 6.45) is 2.69. The van der Waals surface area contributed by atoms with Gasteiger partial charge in [-0.2, -0.15) is 0 Å². The number of hydrogen-bond donors (Lipinski definition) is 1. The Kier molecular flexibility index (Phi) is 4.96. The third-order valence-corrected chi connectivity index (χ3v) is 3.01. The molecule has 0 atom stereocenters. The Hall–Kier alpha value is -2.07. The van der Waals surface area contributed by atoms with Gasteiger partial charge in [-0.3, -0.25) is 4.98 Å². The van der Waals surface area contributed by atoms with E-state index >= 15 is 0 Å². The van der Waals surface area contributed by atoms with Crippen molar-refractivity contribution in [1.82, 2.24) is 4.98 Å². The third kappa shape index (κ3) is 3.08. The summed E-state index contributed by atoms with van der Waals surface area (Å²) < 4.78 is 11.0. The predicted octanol–water partition coefficient (Wildman–Crippen LogP) is 3.00. The lowest BCUT2D eigenvalue weighted by atomic mass is 10.1. The molecule has 106 valence electrons. The first-order chi connectivity index (χ1) is 9.80. The lowest BCUT2D eigenvalue weighted by Crippen LogP contribution is -2.04. The lowest BCUT2D eigenvalue weighted by Gasteiger charge is -2.12. The number of nitrogens with zero attached hydrogens (tertiary/aromatic N) is 1. The average Bonchev–Trinajstić information content (AvgIpc) is 2.52. The highest BCUT2D eigenvalue weighted by Gasteiger charge is 2.10. The van der Waals surface area contributed by atoms with Gasteiger partial charge in [-0.15, -0.1) is 0 Å². The van der Waals surface area contributed by atoms with Gasteiger partial charge in [0, 0.05) is 17.7 Å². The van der Waals surface area contributed by atoms with Crippen LogP contribution in [0.4, 0.5) is 0 Å². The molecule has 0 saturated carbocycles. The summed E-state index contributed by atoms with van der Waals surface area (Å²) in [6, 6.07) is 9.76. The second-order valence-electron chi connectivity index (χ2n) is 4.43. The van der Waals surface area contributed by atoms with Crippen LogP contribution in [0.1, 0.15) is 18.9 Å².